The Balaban J connectivity index is 2.39. The van der Waals surface area contributed by atoms with Gasteiger partial charge in [-0.25, -0.2) is 8.42 Å². The second-order valence-corrected chi connectivity index (χ2v) is 8.90. The number of para-hydroxylation sites is 1. The van der Waals surface area contributed by atoms with Crippen molar-refractivity contribution in [3.8, 4) is 0 Å². The van der Waals surface area contributed by atoms with E-state index < -0.39 is 10.0 Å². The Morgan fingerprint density at radius 2 is 1.75 bits per heavy atom. The van der Waals surface area contributed by atoms with Crippen molar-refractivity contribution in [2.45, 2.75) is 44.9 Å². The van der Waals surface area contributed by atoms with E-state index in [0.717, 1.165) is 17.7 Å². The molecule has 0 saturated carbocycles. The highest BCUT2D eigenvalue weighted by molar-refractivity contribution is 7.89. The molecule has 1 amide bonds. The molecule has 28 heavy (non-hydrogen) atoms. The quantitative estimate of drug-likeness (QED) is 0.640. The second-order valence-electron chi connectivity index (χ2n) is 6.59. The van der Waals surface area contributed by atoms with E-state index in [1.54, 1.807) is 13.8 Å². The molecule has 0 spiro atoms. The first kappa shape index (κ1) is 22.4. The van der Waals surface area contributed by atoms with Crippen molar-refractivity contribution in [2.24, 2.45) is 0 Å². The van der Waals surface area contributed by atoms with Crippen LogP contribution < -0.4 is 5.32 Å². The Morgan fingerprint density at radius 3 is 2.36 bits per heavy atom. The lowest BCUT2D eigenvalue weighted by Crippen LogP contribution is -2.31. The summed E-state index contributed by atoms with van der Waals surface area (Å²) in [5.41, 5.74) is 2.02. The molecular formula is C21H27ClN2O3S. The summed E-state index contributed by atoms with van der Waals surface area (Å²) in [4.78, 5) is 12.8. The van der Waals surface area contributed by atoms with Gasteiger partial charge in [0.05, 0.1) is 5.02 Å². The van der Waals surface area contributed by atoms with Crippen molar-refractivity contribution in [3.05, 3.63) is 58.6 Å². The van der Waals surface area contributed by atoms with Crippen LogP contribution in [0.4, 0.5) is 5.69 Å². The van der Waals surface area contributed by atoms with Crippen LogP contribution in [0.15, 0.2) is 47.4 Å². The maximum absolute atomic E-state index is 12.8. The number of anilines is 1. The molecule has 0 radical (unpaired) electrons. The van der Waals surface area contributed by atoms with Gasteiger partial charge in [0, 0.05) is 24.3 Å². The zero-order valence-corrected chi connectivity index (χ0v) is 18.3. The normalized spacial score (nSPS) is 12.8. The van der Waals surface area contributed by atoms with Gasteiger partial charge in [-0.2, -0.15) is 4.31 Å². The lowest BCUT2D eigenvalue weighted by atomic mass is 9.97. The van der Waals surface area contributed by atoms with Crippen molar-refractivity contribution >= 4 is 33.2 Å². The molecule has 1 atom stereocenters. The molecule has 1 N–H and O–H groups in total. The second kappa shape index (κ2) is 9.54. The lowest BCUT2D eigenvalue weighted by molar-refractivity contribution is 0.102. The maximum atomic E-state index is 12.8. The Morgan fingerprint density at radius 1 is 1.11 bits per heavy atom. The zero-order chi connectivity index (χ0) is 20.9. The fourth-order valence-corrected chi connectivity index (χ4v) is 4.96. The van der Waals surface area contributed by atoms with Gasteiger partial charge in [0.15, 0.2) is 0 Å². The molecule has 5 nitrogen and oxygen atoms in total. The number of sulfonamides is 1. The van der Waals surface area contributed by atoms with Gasteiger partial charge in [0.25, 0.3) is 5.91 Å². The number of nitrogens with zero attached hydrogens (tertiary/aromatic N) is 1. The fourth-order valence-electron chi connectivity index (χ4n) is 3.00. The van der Waals surface area contributed by atoms with Crippen LogP contribution in [0.2, 0.25) is 5.02 Å². The van der Waals surface area contributed by atoms with E-state index in [2.05, 4.69) is 19.2 Å². The third-order valence-corrected chi connectivity index (χ3v) is 7.40. The molecule has 0 fully saturated rings. The van der Waals surface area contributed by atoms with Crippen LogP contribution >= 0.6 is 11.6 Å². The summed E-state index contributed by atoms with van der Waals surface area (Å²) in [6.07, 6.45) is 0.945. The van der Waals surface area contributed by atoms with Gasteiger partial charge in [-0.3, -0.25) is 4.79 Å². The Bertz CT molecular complexity index is 940. The maximum Gasteiger partial charge on any atom is 0.255 e. The van der Waals surface area contributed by atoms with Crippen LogP contribution in [0.5, 0.6) is 0 Å². The van der Waals surface area contributed by atoms with Gasteiger partial charge < -0.3 is 5.32 Å². The van der Waals surface area contributed by atoms with E-state index >= 15 is 0 Å². The highest BCUT2D eigenvalue weighted by atomic mass is 35.5. The Kier molecular flexibility index (Phi) is 7.63. The van der Waals surface area contributed by atoms with E-state index in [4.69, 9.17) is 11.6 Å². The van der Waals surface area contributed by atoms with Gasteiger partial charge in [0.1, 0.15) is 4.90 Å². The van der Waals surface area contributed by atoms with Crippen molar-refractivity contribution < 1.29 is 13.2 Å². The third kappa shape index (κ3) is 4.74. The van der Waals surface area contributed by atoms with Crippen LogP contribution in [0.3, 0.4) is 0 Å². The predicted octanol–water partition coefficient (Wildman–Crippen LogP) is 5.14. The molecule has 0 heterocycles. The average Bonchev–Trinajstić information content (AvgIpc) is 2.68. The minimum atomic E-state index is -3.76. The minimum Gasteiger partial charge on any atom is -0.322 e. The number of halogens is 1. The van der Waals surface area contributed by atoms with Crippen molar-refractivity contribution in [2.75, 3.05) is 18.4 Å². The van der Waals surface area contributed by atoms with Crippen LogP contribution in [0.1, 0.15) is 56.0 Å². The molecule has 2 aromatic rings. The topological polar surface area (TPSA) is 66.5 Å². The number of carbonyl (C=O) groups excluding carboxylic acids is 1. The average molecular weight is 423 g/mol. The Labute approximate surface area is 172 Å². The number of hydrogen-bond acceptors (Lipinski definition) is 3. The number of hydrogen-bond donors (Lipinski definition) is 1. The number of carbonyl (C=O) groups is 1. The largest absolute Gasteiger partial charge is 0.322 e. The third-order valence-electron chi connectivity index (χ3n) is 4.87. The summed E-state index contributed by atoms with van der Waals surface area (Å²) in [7, 11) is -3.76. The molecule has 0 aliphatic heterocycles. The summed E-state index contributed by atoms with van der Waals surface area (Å²) in [6.45, 7) is 8.37. The van der Waals surface area contributed by atoms with Gasteiger partial charge in [-0.1, -0.05) is 57.5 Å². The van der Waals surface area contributed by atoms with E-state index in [9.17, 15) is 13.2 Å². The number of benzene rings is 2. The van der Waals surface area contributed by atoms with Gasteiger partial charge in [-0.05, 0) is 42.2 Å². The molecule has 2 aromatic carbocycles. The van der Waals surface area contributed by atoms with Gasteiger partial charge >= 0.3 is 0 Å². The number of nitrogens with one attached hydrogen (secondary N) is 1. The first-order chi connectivity index (χ1) is 13.3. The highest BCUT2D eigenvalue weighted by Crippen LogP contribution is 2.29. The van der Waals surface area contributed by atoms with Gasteiger partial charge in [0.2, 0.25) is 10.0 Å². The van der Waals surface area contributed by atoms with Crippen LogP contribution in [-0.4, -0.2) is 31.7 Å². The molecule has 2 rings (SSSR count). The minimum absolute atomic E-state index is 0.0549. The van der Waals surface area contributed by atoms with Crippen molar-refractivity contribution in [1.82, 2.24) is 4.31 Å². The SMILES string of the molecule is CC[C@@H](C)c1ccccc1NC(=O)c1ccc(Cl)c(S(=O)(=O)N(CC)CC)c1. The molecule has 0 aromatic heterocycles. The van der Waals surface area contributed by atoms with E-state index in [-0.39, 0.29) is 21.4 Å². The highest BCUT2D eigenvalue weighted by Gasteiger charge is 2.25. The fraction of sp³-hybridized carbons (Fsp3) is 0.381. The summed E-state index contributed by atoms with van der Waals surface area (Å²) in [5.74, 6) is -0.0799. The smallest absolute Gasteiger partial charge is 0.255 e. The van der Waals surface area contributed by atoms with Gasteiger partial charge in [-0.15, -0.1) is 0 Å². The monoisotopic (exact) mass is 422 g/mol. The molecule has 7 heteroatoms. The summed E-state index contributed by atoms with van der Waals surface area (Å²) in [6, 6.07) is 12.0. The van der Waals surface area contributed by atoms with E-state index in [1.807, 2.05) is 24.3 Å². The standard InChI is InChI=1S/C21H27ClN2O3S/c1-5-15(4)17-10-8-9-11-19(17)23-21(25)16-12-13-18(22)20(14-16)28(26,27)24(6-2)7-3/h8-15H,5-7H2,1-4H3,(H,23,25)/t15-/m1/s1. The molecule has 0 aliphatic carbocycles. The van der Waals surface area contributed by atoms with Crippen LogP contribution in [-0.2, 0) is 10.0 Å². The van der Waals surface area contributed by atoms with E-state index in [1.165, 1.54) is 22.5 Å². The molecular weight excluding hydrogens is 396 g/mol. The summed E-state index contributed by atoms with van der Waals surface area (Å²) >= 11 is 6.15. The predicted molar refractivity (Wildman–Crippen MR) is 115 cm³/mol. The number of amides is 1. The van der Waals surface area contributed by atoms with E-state index in [0.29, 0.717) is 19.0 Å². The zero-order valence-electron chi connectivity index (χ0n) is 16.7. The van der Waals surface area contributed by atoms with Crippen LogP contribution in [0, 0.1) is 0 Å². The molecule has 0 bridgehead atoms. The summed E-state index contributed by atoms with van der Waals surface area (Å²) in [5, 5.41) is 3.01. The molecule has 0 unspecified atom stereocenters. The van der Waals surface area contributed by atoms with Crippen molar-refractivity contribution in [1.29, 1.82) is 0 Å². The molecule has 0 saturated heterocycles. The first-order valence-electron chi connectivity index (χ1n) is 9.46. The first-order valence-corrected chi connectivity index (χ1v) is 11.3. The van der Waals surface area contributed by atoms with Crippen molar-refractivity contribution in [3.63, 3.8) is 0 Å². The van der Waals surface area contributed by atoms with Crippen LogP contribution in [0.25, 0.3) is 0 Å². The molecule has 0 aliphatic rings. The number of rotatable bonds is 8. The Hall–Kier alpha value is -1.89. The lowest BCUT2D eigenvalue weighted by Gasteiger charge is -2.20. The summed E-state index contributed by atoms with van der Waals surface area (Å²) < 4.78 is 27.0. The molecule has 152 valence electrons.